The largest absolute Gasteiger partial charge is 0.483 e. The van der Waals surface area contributed by atoms with Crippen LogP contribution in [0.15, 0.2) is 41.8 Å². The molecule has 0 atom stereocenters. The molecule has 3 aromatic rings. The third-order valence-corrected chi connectivity index (χ3v) is 5.48. The molecule has 0 saturated heterocycles. The Balaban J connectivity index is 1.67. The number of benzene rings is 2. The summed E-state index contributed by atoms with van der Waals surface area (Å²) in [6.45, 7) is 12.5. The van der Waals surface area contributed by atoms with Gasteiger partial charge in [-0.2, -0.15) is 0 Å². The number of rotatable bonds is 5. The van der Waals surface area contributed by atoms with E-state index >= 15 is 0 Å². The third kappa shape index (κ3) is 5.24. The van der Waals surface area contributed by atoms with Crippen LogP contribution >= 0.6 is 11.3 Å². The molecule has 3 rings (SSSR count). The molecule has 5 heteroatoms. The molecule has 0 bridgehead atoms. The summed E-state index contributed by atoms with van der Waals surface area (Å²) in [5.74, 6) is 0.528. The SMILES string of the molecule is Cc1ccc(C)c(-c2csc(NC(=O)COc3ccc(C)cc3C(C)(C)C)n2)c1. The van der Waals surface area contributed by atoms with Gasteiger partial charge in [0.15, 0.2) is 11.7 Å². The first-order valence-electron chi connectivity index (χ1n) is 9.70. The van der Waals surface area contributed by atoms with E-state index in [9.17, 15) is 4.79 Å². The van der Waals surface area contributed by atoms with Gasteiger partial charge in [0.25, 0.3) is 5.91 Å². The summed E-state index contributed by atoms with van der Waals surface area (Å²) in [5, 5.41) is 5.40. The van der Waals surface area contributed by atoms with E-state index in [0.29, 0.717) is 5.13 Å². The van der Waals surface area contributed by atoms with Crippen LogP contribution in [0.2, 0.25) is 0 Å². The van der Waals surface area contributed by atoms with Crippen LogP contribution in [0.3, 0.4) is 0 Å². The van der Waals surface area contributed by atoms with Crippen molar-refractivity contribution in [2.75, 3.05) is 11.9 Å². The summed E-state index contributed by atoms with van der Waals surface area (Å²) in [4.78, 5) is 17.0. The van der Waals surface area contributed by atoms with Gasteiger partial charge in [0.1, 0.15) is 5.75 Å². The molecule has 152 valence electrons. The fourth-order valence-corrected chi connectivity index (χ4v) is 3.85. The molecule has 4 nitrogen and oxygen atoms in total. The number of nitrogens with zero attached hydrogens (tertiary/aromatic N) is 1. The fraction of sp³-hybridized carbons (Fsp3) is 0.333. The highest BCUT2D eigenvalue weighted by Gasteiger charge is 2.20. The van der Waals surface area contributed by atoms with Crippen molar-refractivity contribution in [3.8, 4) is 17.0 Å². The van der Waals surface area contributed by atoms with Crippen molar-refractivity contribution in [1.29, 1.82) is 0 Å². The van der Waals surface area contributed by atoms with Crippen LogP contribution < -0.4 is 10.1 Å². The molecule has 1 heterocycles. The lowest BCUT2D eigenvalue weighted by Crippen LogP contribution is -2.22. The van der Waals surface area contributed by atoms with Gasteiger partial charge in [-0.3, -0.25) is 10.1 Å². The Kier molecular flexibility index (Phi) is 6.08. The van der Waals surface area contributed by atoms with Crippen molar-refractivity contribution in [3.63, 3.8) is 0 Å². The monoisotopic (exact) mass is 408 g/mol. The Labute approximate surface area is 177 Å². The Hall–Kier alpha value is -2.66. The molecule has 2 aromatic carbocycles. The van der Waals surface area contributed by atoms with Crippen LogP contribution in [0.25, 0.3) is 11.3 Å². The lowest BCUT2D eigenvalue weighted by Gasteiger charge is -2.23. The molecule has 0 aliphatic carbocycles. The standard InChI is InChI=1S/C24H28N2O2S/c1-15-7-9-17(3)18(11-15)20-14-29-23(25-20)26-22(27)13-28-21-10-8-16(2)12-19(21)24(4,5)6/h7-12,14H,13H2,1-6H3,(H,25,26,27). The number of amides is 1. The van der Waals surface area contributed by atoms with Gasteiger partial charge in [-0.1, -0.05) is 56.2 Å². The summed E-state index contributed by atoms with van der Waals surface area (Å²) in [5.41, 5.74) is 6.52. The predicted octanol–water partition coefficient (Wildman–Crippen LogP) is 6.05. The molecule has 0 aliphatic rings. The van der Waals surface area contributed by atoms with Crippen LogP contribution in [-0.2, 0) is 10.2 Å². The number of aromatic nitrogens is 1. The lowest BCUT2D eigenvalue weighted by atomic mass is 9.85. The third-order valence-electron chi connectivity index (χ3n) is 4.72. The molecule has 1 amide bonds. The van der Waals surface area contributed by atoms with Crippen LogP contribution in [0, 0.1) is 20.8 Å². The lowest BCUT2D eigenvalue weighted by molar-refractivity contribution is -0.118. The maximum absolute atomic E-state index is 12.4. The van der Waals surface area contributed by atoms with E-state index in [1.807, 2.05) is 17.5 Å². The highest BCUT2D eigenvalue weighted by molar-refractivity contribution is 7.14. The van der Waals surface area contributed by atoms with E-state index in [0.717, 1.165) is 28.1 Å². The number of aryl methyl sites for hydroxylation is 3. The Bertz CT molecular complexity index is 1030. The maximum atomic E-state index is 12.4. The number of carbonyl (C=O) groups excluding carboxylic acids is 1. The Morgan fingerprint density at radius 2 is 1.76 bits per heavy atom. The number of nitrogens with one attached hydrogen (secondary N) is 1. The second kappa shape index (κ2) is 8.37. The maximum Gasteiger partial charge on any atom is 0.264 e. The average molecular weight is 409 g/mol. The van der Waals surface area contributed by atoms with Gasteiger partial charge in [-0.25, -0.2) is 4.98 Å². The molecule has 0 radical (unpaired) electrons. The van der Waals surface area contributed by atoms with Crippen molar-refractivity contribution < 1.29 is 9.53 Å². The Morgan fingerprint density at radius 3 is 2.48 bits per heavy atom. The summed E-state index contributed by atoms with van der Waals surface area (Å²) >= 11 is 1.42. The number of thiazole rings is 1. The molecule has 0 saturated carbocycles. The van der Waals surface area contributed by atoms with E-state index in [4.69, 9.17) is 4.74 Å². The summed E-state index contributed by atoms with van der Waals surface area (Å²) in [6.07, 6.45) is 0. The van der Waals surface area contributed by atoms with Crippen LogP contribution in [0.5, 0.6) is 5.75 Å². The molecule has 1 aromatic heterocycles. The topological polar surface area (TPSA) is 51.2 Å². The van der Waals surface area contributed by atoms with E-state index in [1.165, 1.54) is 22.5 Å². The predicted molar refractivity (Wildman–Crippen MR) is 121 cm³/mol. The zero-order chi connectivity index (χ0) is 21.2. The minimum absolute atomic E-state index is 0.0511. The van der Waals surface area contributed by atoms with Crippen molar-refractivity contribution in [2.45, 2.75) is 47.0 Å². The number of carbonyl (C=O) groups is 1. The van der Waals surface area contributed by atoms with Crippen LogP contribution in [-0.4, -0.2) is 17.5 Å². The van der Waals surface area contributed by atoms with Gasteiger partial charge in [0.05, 0.1) is 5.69 Å². The highest BCUT2D eigenvalue weighted by Crippen LogP contribution is 2.32. The van der Waals surface area contributed by atoms with Crippen molar-refractivity contribution in [3.05, 3.63) is 64.0 Å². The second-order valence-corrected chi connectivity index (χ2v) is 9.30. The van der Waals surface area contributed by atoms with Gasteiger partial charge < -0.3 is 4.74 Å². The van der Waals surface area contributed by atoms with Gasteiger partial charge in [0, 0.05) is 10.9 Å². The minimum atomic E-state index is -0.215. The van der Waals surface area contributed by atoms with Crippen molar-refractivity contribution in [2.24, 2.45) is 0 Å². The molecule has 29 heavy (non-hydrogen) atoms. The van der Waals surface area contributed by atoms with Gasteiger partial charge in [-0.05, 0) is 49.4 Å². The zero-order valence-electron chi connectivity index (χ0n) is 17.9. The smallest absolute Gasteiger partial charge is 0.264 e. The molecule has 0 aliphatic heterocycles. The summed E-state index contributed by atoms with van der Waals surface area (Å²) < 4.78 is 5.84. The number of anilines is 1. The van der Waals surface area contributed by atoms with Crippen LogP contribution in [0.4, 0.5) is 5.13 Å². The molecular formula is C24H28N2O2S. The summed E-state index contributed by atoms with van der Waals surface area (Å²) in [7, 11) is 0. The number of ether oxygens (including phenoxy) is 1. The average Bonchev–Trinajstić information content (AvgIpc) is 3.10. The van der Waals surface area contributed by atoms with Crippen molar-refractivity contribution >= 4 is 22.4 Å². The van der Waals surface area contributed by atoms with E-state index in [-0.39, 0.29) is 17.9 Å². The van der Waals surface area contributed by atoms with E-state index < -0.39 is 0 Å². The first kappa shape index (κ1) is 21.1. The highest BCUT2D eigenvalue weighted by atomic mass is 32.1. The molecule has 1 N–H and O–H groups in total. The molecule has 0 spiro atoms. The normalized spacial score (nSPS) is 11.4. The quantitative estimate of drug-likeness (QED) is 0.559. The second-order valence-electron chi connectivity index (χ2n) is 8.44. The fourth-order valence-electron chi connectivity index (χ4n) is 3.12. The van der Waals surface area contributed by atoms with Gasteiger partial charge in [-0.15, -0.1) is 11.3 Å². The zero-order valence-corrected chi connectivity index (χ0v) is 18.7. The van der Waals surface area contributed by atoms with Gasteiger partial charge >= 0.3 is 0 Å². The first-order chi connectivity index (χ1) is 13.6. The molecule has 0 unspecified atom stereocenters. The summed E-state index contributed by atoms with van der Waals surface area (Å²) in [6, 6.07) is 12.3. The van der Waals surface area contributed by atoms with Crippen molar-refractivity contribution in [1.82, 2.24) is 4.98 Å². The van der Waals surface area contributed by atoms with E-state index in [1.54, 1.807) is 0 Å². The first-order valence-corrected chi connectivity index (χ1v) is 10.6. The van der Waals surface area contributed by atoms with E-state index in [2.05, 4.69) is 76.1 Å². The number of hydrogen-bond donors (Lipinski definition) is 1. The minimum Gasteiger partial charge on any atom is -0.483 e. The number of hydrogen-bond acceptors (Lipinski definition) is 4. The Morgan fingerprint density at radius 1 is 1.07 bits per heavy atom. The van der Waals surface area contributed by atoms with Crippen LogP contribution in [0.1, 0.15) is 43.0 Å². The molecular weight excluding hydrogens is 380 g/mol. The van der Waals surface area contributed by atoms with Gasteiger partial charge in [0.2, 0.25) is 0 Å². The molecule has 0 fully saturated rings.